The van der Waals surface area contributed by atoms with E-state index in [1.54, 1.807) is 0 Å². The molecule has 1 N–H and O–H groups in total. The van der Waals surface area contributed by atoms with Crippen molar-refractivity contribution in [3.05, 3.63) is 23.2 Å². The average Bonchev–Trinajstić information content (AvgIpc) is 2.67. The zero-order chi connectivity index (χ0) is 13.4. The summed E-state index contributed by atoms with van der Waals surface area (Å²) < 4.78 is 11.5. The second-order valence-corrected chi connectivity index (χ2v) is 5.01. The maximum Gasteiger partial charge on any atom is 0.130 e. The van der Waals surface area contributed by atoms with Crippen LogP contribution in [0.3, 0.4) is 0 Å². The SMILES string of the molecule is CCCC(C)COCc1cc(C)c(CNCC)o1. The molecule has 0 aliphatic rings. The Hall–Kier alpha value is -0.800. The van der Waals surface area contributed by atoms with E-state index in [-0.39, 0.29) is 0 Å². The summed E-state index contributed by atoms with van der Waals surface area (Å²) in [6, 6.07) is 2.08. The molecule has 0 saturated heterocycles. The summed E-state index contributed by atoms with van der Waals surface area (Å²) in [6.45, 7) is 11.8. The zero-order valence-electron chi connectivity index (χ0n) is 12.2. The van der Waals surface area contributed by atoms with Crippen molar-refractivity contribution in [2.24, 2.45) is 5.92 Å². The van der Waals surface area contributed by atoms with Crippen LogP contribution in [0.5, 0.6) is 0 Å². The first-order valence-electron chi connectivity index (χ1n) is 7.04. The maximum absolute atomic E-state index is 5.77. The van der Waals surface area contributed by atoms with Gasteiger partial charge in [0.15, 0.2) is 0 Å². The predicted octanol–water partition coefficient (Wildman–Crippen LogP) is 3.65. The van der Waals surface area contributed by atoms with Crippen LogP contribution < -0.4 is 5.32 Å². The number of ether oxygens (including phenoxy) is 1. The van der Waals surface area contributed by atoms with Gasteiger partial charge in [-0.1, -0.05) is 27.2 Å². The van der Waals surface area contributed by atoms with Gasteiger partial charge in [-0.25, -0.2) is 0 Å². The third kappa shape index (κ3) is 5.23. The van der Waals surface area contributed by atoms with E-state index in [1.165, 1.54) is 18.4 Å². The number of hydrogen-bond acceptors (Lipinski definition) is 3. The largest absolute Gasteiger partial charge is 0.462 e. The van der Waals surface area contributed by atoms with Crippen molar-refractivity contribution in [2.75, 3.05) is 13.2 Å². The Morgan fingerprint density at radius 1 is 1.39 bits per heavy atom. The zero-order valence-corrected chi connectivity index (χ0v) is 12.2. The maximum atomic E-state index is 5.77. The fourth-order valence-corrected chi connectivity index (χ4v) is 2.01. The van der Waals surface area contributed by atoms with Crippen molar-refractivity contribution in [1.82, 2.24) is 5.32 Å². The summed E-state index contributed by atoms with van der Waals surface area (Å²) in [7, 11) is 0. The van der Waals surface area contributed by atoms with Gasteiger partial charge < -0.3 is 14.5 Å². The van der Waals surface area contributed by atoms with Crippen molar-refractivity contribution < 1.29 is 9.15 Å². The van der Waals surface area contributed by atoms with E-state index in [0.717, 1.165) is 31.2 Å². The van der Waals surface area contributed by atoms with Crippen LogP contribution in [0, 0.1) is 12.8 Å². The molecule has 1 unspecified atom stereocenters. The molecule has 0 aliphatic carbocycles. The number of hydrogen-bond donors (Lipinski definition) is 1. The highest BCUT2D eigenvalue weighted by molar-refractivity contribution is 5.19. The van der Waals surface area contributed by atoms with Crippen LogP contribution in [-0.2, 0) is 17.9 Å². The molecule has 0 saturated carbocycles. The Kier molecular flexibility index (Phi) is 7.06. The van der Waals surface area contributed by atoms with Gasteiger partial charge in [0.1, 0.15) is 18.1 Å². The lowest BCUT2D eigenvalue weighted by molar-refractivity contribution is 0.0768. The van der Waals surface area contributed by atoms with Crippen LogP contribution >= 0.6 is 0 Å². The van der Waals surface area contributed by atoms with Crippen molar-refractivity contribution in [3.8, 4) is 0 Å². The van der Waals surface area contributed by atoms with Gasteiger partial charge in [-0.3, -0.25) is 0 Å². The molecule has 18 heavy (non-hydrogen) atoms. The van der Waals surface area contributed by atoms with E-state index < -0.39 is 0 Å². The van der Waals surface area contributed by atoms with Crippen LogP contribution in [-0.4, -0.2) is 13.2 Å². The molecule has 0 fully saturated rings. The standard InChI is InChI=1S/C15H27NO2/c1-5-7-12(3)10-17-11-14-8-13(4)15(18-14)9-16-6-2/h8,12,16H,5-7,9-11H2,1-4H3. The molecule has 0 bridgehead atoms. The van der Waals surface area contributed by atoms with E-state index in [4.69, 9.17) is 9.15 Å². The van der Waals surface area contributed by atoms with Gasteiger partial charge in [-0.15, -0.1) is 0 Å². The summed E-state index contributed by atoms with van der Waals surface area (Å²) in [6.07, 6.45) is 2.44. The fraction of sp³-hybridized carbons (Fsp3) is 0.733. The molecule has 3 nitrogen and oxygen atoms in total. The highest BCUT2D eigenvalue weighted by atomic mass is 16.5. The van der Waals surface area contributed by atoms with Gasteiger partial charge >= 0.3 is 0 Å². The van der Waals surface area contributed by atoms with Gasteiger partial charge in [0.05, 0.1) is 6.54 Å². The summed E-state index contributed by atoms with van der Waals surface area (Å²) >= 11 is 0. The predicted molar refractivity (Wildman–Crippen MR) is 74.6 cm³/mol. The second-order valence-electron chi connectivity index (χ2n) is 5.01. The van der Waals surface area contributed by atoms with Crippen molar-refractivity contribution >= 4 is 0 Å². The summed E-state index contributed by atoms with van der Waals surface area (Å²) in [5.41, 5.74) is 1.20. The van der Waals surface area contributed by atoms with E-state index in [1.807, 2.05) is 0 Å². The molecule has 1 aromatic heterocycles. The third-order valence-corrected chi connectivity index (χ3v) is 3.04. The van der Waals surface area contributed by atoms with Gasteiger partial charge in [0.2, 0.25) is 0 Å². The molecular formula is C15H27NO2. The molecule has 1 aromatic rings. The van der Waals surface area contributed by atoms with Crippen LogP contribution in [0.1, 0.15) is 50.7 Å². The van der Waals surface area contributed by atoms with E-state index in [2.05, 4.69) is 39.1 Å². The number of rotatable bonds is 9. The Bertz CT molecular complexity index is 333. The molecule has 3 heteroatoms. The topological polar surface area (TPSA) is 34.4 Å². The Morgan fingerprint density at radius 3 is 2.83 bits per heavy atom. The summed E-state index contributed by atoms with van der Waals surface area (Å²) in [5, 5.41) is 3.28. The molecule has 0 aliphatic heterocycles. The lowest BCUT2D eigenvalue weighted by atomic mass is 10.1. The first-order chi connectivity index (χ1) is 8.67. The van der Waals surface area contributed by atoms with Crippen molar-refractivity contribution in [1.29, 1.82) is 0 Å². The third-order valence-electron chi connectivity index (χ3n) is 3.04. The Labute approximate surface area is 111 Å². The van der Waals surface area contributed by atoms with Crippen LogP contribution in [0.25, 0.3) is 0 Å². The Morgan fingerprint density at radius 2 is 2.17 bits per heavy atom. The molecule has 0 aromatic carbocycles. The van der Waals surface area contributed by atoms with Gasteiger partial charge in [-0.2, -0.15) is 0 Å². The molecule has 0 spiro atoms. The molecule has 0 amide bonds. The van der Waals surface area contributed by atoms with Crippen LogP contribution in [0.2, 0.25) is 0 Å². The first kappa shape index (κ1) is 15.3. The van der Waals surface area contributed by atoms with Gasteiger partial charge in [-0.05, 0) is 37.4 Å². The summed E-state index contributed by atoms with van der Waals surface area (Å²) in [4.78, 5) is 0. The normalized spacial score (nSPS) is 12.9. The molecule has 0 radical (unpaired) electrons. The first-order valence-corrected chi connectivity index (χ1v) is 7.04. The molecule has 1 heterocycles. The molecule has 104 valence electrons. The smallest absolute Gasteiger partial charge is 0.130 e. The quantitative estimate of drug-likeness (QED) is 0.729. The van der Waals surface area contributed by atoms with E-state index in [0.29, 0.717) is 12.5 Å². The highest BCUT2D eigenvalue weighted by Gasteiger charge is 2.08. The lowest BCUT2D eigenvalue weighted by Gasteiger charge is -2.09. The van der Waals surface area contributed by atoms with Crippen LogP contribution in [0.4, 0.5) is 0 Å². The van der Waals surface area contributed by atoms with E-state index >= 15 is 0 Å². The summed E-state index contributed by atoms with van der Waals surface area (Å²) in [5.74, 6) is 2.59. The Balaban J connectivity index is 2.34. The molecule has 1 rings (SSSR count). The van der Waals surface area contributed by atoms with E-state index in [9.17, 15) is 0 Å². The minimum atomic E-state index is 0.584. The molecular weight excluding hydrogens is 226 g/mol. The van der Waals surface area contributed by atoms with Crippen molar-refractivity contribution in [2.45, 2.75) is 53.7 Å². The highest BCUT2D eigenvalue weighted by Crippen LogP contribution is 2.16. The number of aryl methyl sites for hydroxylation is 1. The second kappa shape index (κ2) is 8.33. The average molecular weight is 253 g/mol. The monoisotopic (exact) mass is 253 g/mol. The van der Waals surface area contributed by atoms with Gasteiger partial charge in [0.25, 0.3) is 0 Å². The fourth-order valence-electron chi connectivity index (χ4n) is 2.01. The number of nitrogens with one attached hydrogen (secondary N) is 1. The van der Waals surface area contributed by atoms with Crippen molar-refractivity contribution in [3.63, 3.8) is 0 Å². The number of furan rings is 1. The minimum Gasteiger partial charge on any atom is -0.462 e. The lowest BCUT2D eigenvalue weighted by Crippen LogP contribution is -2.11. The molecule has 1 atom stereocenters. The minimum absolute atomic E-state index is 0.584. The van der Waals surface area contributed by atoms with Gasteiger partial charge in [0, 0.05) is 6.61 Å². The van der Waals surface area contributed by atoms with Crippen LogP contribution in [0.15, 0.2) is 10.5 Å².